The Labute approximate surface area is 146 Å². The number of carboxylic acids is 1. The van der Waals surface area contributed by atoms with Crippen LogP contribution in [0.25, 0.3) is 16.9 Å². The SMILES string of the molecule is O=C(O)CCC(=O)Oc1ccc(-c2cn3cc([N+](=O)[O-])ccc3n2)cc1. The molecule has 0 aliphatic heterocycles. The lowest BCUT2D eigenvalue weighted by Gasteiger charge is -2.04. The Hall–Kier alpha value is -3.75. The lowest BCUT2D eigenvalue weighted by molar-refractivity contribution is -0.385. The molecule has 9 nitrogen and oxygen atoms in total. The fourth-order valence-electron chi connectivity index (χ4n) is 2.31. The van der Waals surface area contributed by atoms with Gasteiger partial charge in [0.25, 0.3) is 5.69 Å². The number of pyridine rings is 1. The molecule has 0 bridgehead atoms. The number of nitrogens with zero attached hydrogens (tertiary/aromatic N) is 3. The molecule has 3 rings (SSSR count). The largest absolute Gasteiger partial charge is 0.481 e. The van der Waals surface area contributed by atoms with Crippen molar-refractivity contribution in [2.45, 2.75) is 12.8 Å². The quantitative estimate of drug-likeness (QED) is 0.312. The monoisotopic (exact) mass is 355 g/mol. The molecule has 3 aromatic rings. The van der Waals surface area contributed by atoms with E-state index in [2.05, 4.69) is 4.98 Å². The van der Waals surface area contributed by atoms with E-state index in [-0.39, 0.29) is 18.5 Å². The van der Waals surface area contributed by atoms with Gasteiger partial charge in [0.2, 0.25) is 0 Å². The number of benzene rings is 1. The van der Waals surface area contributed by atoms with Gasteiger partial charge in [-0.05, 0) is 30.3 Å². The Balaban J connectivity index is 1.76. The van der Waals surface area contributed by atoms with Gasteiger partial charge in [0.1, 0.15) is 11.4 Å². The molecule has 1 aromatic carbocycles. The maximum Gasteiger partial charge on any atom is 0.311 e. The number of aliphatic carboxylic acids is 1. The summed E-state index contributed by atoms with van der Waals surface area (Å²) in [5.74, 6) is -1.40. The van der Waals surface area contributed by atoms with Gasteiger partial charge in [0.05, 0.1) is 29.7 Å². The van der Waals surface area contributed by atoms with Gasteiger partial charge in [-0.15, -0.1) is 0 Å². The summed E-state index contributed by atoms with van der Waals surface area (Å²) in [6.45, 7) is 0. The molecule has 0 atom stereocenters. The van der Waals surface area contributed by atoms with Crippen LogP contribution in [0.4, 0.5) is 5.69 Å². The fraction of sp³-hybridized carbons (Fsp3) is 0.118. The molecule has 0 aliphatic rings. The third-order valence-electron chi connectivity index (χ3n) is 3.57. The Kier molecular flexibility index (Phi) is 4.61. The molecule has 9 heteroatoms. The maximum atomic E-state index is 11.5. The first-order chi connectivity index (χ1) is 12.4. The minimum absolute atomic E-state index is 0.0370. The Morgan fingerprint density at radius 2 is 1.85 bits per heavy atom. The summed E-state index contributed by atoms with van der Waals surface area (Å²) < 4.78 is 6.62. The molecule has 0 unspecified atom stereocenters. The summed E-state index contributed by atoms with van der Waals surface area (Å²) >= 11 is 0. The molecule has 2 aromatic heterocycles. The first kappa shape index (κ1) is 17.1. The minimum Gasteiger partial charge on any atom is -0.481 e. The number of esters is 1. The van der Waals surface area contributed by atoms with Gasteiger partial charge in [0.15, 0.2) is 0 Å². The van der Waals surface area contributed by atoms with Crippen molar-refractivity contribution < 1.29 is 24.4 Å². The van der Waals surface area contributed by atoms with E-state index in [0.29, 0.717) is 17.1 Å². The van der Waals surface area contributed by atoms with E-state index in [1.165, 1.54) is 12.3 Å². The highest BCUT2D eigenvalue weighted by molar-refractivity contribution is 5.78. The van der Waals surface area contributed by atoms with Crippen molar-refractivity contribution in [2.24, 2.45) is 0 Å². The minimum atomic E-state index is -1.07. The zero-order chi connectivity index (χ0) is 18.7. The van der Waals surface area contributed by atoms with Crippen molar-refractivity contribution >= 4 is 23.3 Å². The van der Waals surface area contributed by atoms with Crippen LogP contribution in [0, 0.1) is 10.1 Å². The molecule has 0 radical (unpaired) electrons. The number of hydrogen-bond acceptors (Lipinski definition) is 6. The van der Waals surface area contributed by atoms with Crippen LogP contribution in [-0.4, -0.2) is 31.4 Å². The van der Waals surface area contributed by atoms with Crippen molar-refractivity contribution in [1.29, 1.82) is 0 Å². The van der Waals surface area contributed by atoms with E-state index >= 15 is 0 Å². The molecule has 26 heavy (non-hydrogen) atoms. The molecule has 0 saturated heterocycles. The number of ether oxygens (including phenoxy) is 1. The van der Waals surface area contributed by atoms with Crippen molar-refractivity contribution in [1.82, 2.24) is 9.38 Å². The lowest BCUT2D eigenvalue weighted by atomic mass is 10.1. The first-order valence-electron chi connectivity index (χ1n) is 7.58. The molecular formula is C17H13N3O6. The van der Waals surface area contributed by atoms with Gasteiger partial charge < -0.3 is 9.84 Å². The summed E-state index contributed by atoms with van der Waals surface area (Å²) in [5.41, 5.74) is 1.87. The average Bonchev–Trinajstić information content (AvgIpc) is 3.03. The van der Waals surface area contributed by atoms with E-state index < -0.39 is 16.9 Å². The number of carbonyl (C=O) groups excluding carboxylic acids is 1. The van der Waals surface area contributed by atoms with E-state index in [0.717, 1.165) is 5.56 Å². The van der Waals surface area contributed by atoms with Crippen LogP contribution in [0.1, 0.15) is 12.8 Å². The predicted molar refractivity (Wildman–Crippen MR) is 89.8 cm³/mol. The summed E-state index contributed by atoms with van der Waals surface area (Å²) in [5, 5.41) is 19.4. The molecule has 0 saturated carbocycles. The molecule has 0 fully saturated rings. The molecule has 0 aliphatic carbocycles. The average molecular weight is 355 g/mol. The third kappa shape index (κ3) is 3.83. The van der Waals surface area contributed by atoms with Gasteiger partial charge in [0, 0.05) is 17.8 Å². The van der Waals surface area contributed by atoms with Crippen LogP contribution in [0.15, 0.2) is 48.8 Å². The zero-order valence-electron chi connectivity index (χ0n) is 13.4. The van der Waals surface area contributed by atoms with E-state index in [1.807, 2.05) is 0 Å². The van der Waals surface area contributed by atoms with Crippen LogP contribution in [-0.2, 0) is 9.59 Å². The zero-order valence-corrected chi connectivity index (χ0v) is 13.4. The van der Waals surface area contributed by atoms with Crippen LogP contribution in [0.5, 0.6) is 5.75 Å². The van der Waals surface area contributed by atoms with Crippen LogP contribution in [0.3, 0.4) is 0 Å². The smallest absolute Gasteiger partial charge is 0.311 e. The predicted octanol–water partition coefficient (Wildman–Crippen LogP) is 2.68. The number of fused-ring (bicyclic) bond motifs is 1. The highest BCUT2D eigenvalue weighted by Gasteiger charge is 2.11. The number of carbonyl (C=O) groups is 2. The molecule has 0 spiro atoms. The molecule has 2 heterocycles. The Bertz CT molecular complexity index is 993. The van der Waals surface area contributed by atoms with Gasteiger partial charge in [-0.25, -0.2) is 4.98 Å². The second-order valence-electron chi connectivity index (χ2n) is 5.43. The van der Waals surface area contributed by atoms with E-state index in [4.69, 9.17) is 9.84 Å². The van der Waals surface area contributed by atoms with Crippen molar-refractivity contribution in [2.75, 3.05) is 0 Å². The normalized spacial score (nSPS) is 10.6. The Morgan fingerprint density at radius 3 is 2.50 bits per heavy atom. The van der Waals surface area contributed by atoms with Gasteiger partial charge in [-0.2, -0.15) is 0 Å². The van der Waals surface area contributed by atoms with Crippen molar-refractivity contribution in [3.8, 4) is 17.0 Å². The van der Waals surface area contributed by atoms with Crippen molar-refractivity contribution in [3.05, 3.63) is 58.9 Å². The number of imidazole rings is 1. The standard InChI is InChI=1S/C17H13N3O6/c21-16(22)7-8-17(23)26-13-4-1-11(2-5-13)14-10-19-9-12(20(24)25)3-6-15(19)18-14/h1-6,9-10H,7-8H2,(H,21,22). The molecular weight excluding hydrogens is 342 g/mol. The second kappa shape index (κ2) is 7.01. The number of rotatable bonds is 6. The number of nitro groups is 1. The number of aromatic nitrogens is 2. The highest BCUT2D eigenvalue weighted by Crippen LogP contribution is 2.23. The first-order valence-corrected chi connectivity index (χ1v) is 7.58. The van der Waals surface area contributed by atoms with Crippen LogP contribution < -0.4 is 4.74 Å². The lowest BCUT2D eigenvalue weighted by Crippen LogP contribution is -2.10. The third-order valence-corrected chi connectivity index (χ3v) is 3.57. The summed E-state index contributed by atoms with van der Waals surface area (Å²) in [7, 11) is 0. The topological polar surface area (TPSA) is 124 Å². The Morgan fingerprint density at radius 1 is 1.12 bits per heavy atom. The highest BCUT2D eigenvalue weighted by atomic mass is 16.6. The summed E-state index contributed by atoms with van der Waals surface area (Å²) in [6.07, 6.45) is 2.55. The molecule has 0 amide bonds. The maximum absolute atomic E-state index is 11.5. The fourth-order valence-corrected chi connectivity index (χ4v) is 2.31. The molecule has 1 N–H and O–H groups in total. The van der Waals surface area contributed by atoms with Crippen molar-refractivity contribution in [3.63, 3.8) is 0 Å². The second-order valence-corrected chi connectivity index (χ2v) is 5.43. The number of carboxylic acid groups (broad SMARTS) is 1. The summed E-state index contributed by atoms with van der Waals surface area (Å²) in [6, 6.07) is 9.46. The van der Waals surface area contributed by atoms with Gasteiger partial charge >= 0.3 is 11.9 Å². The molecule has 132 valence electrons. The van der Waals surface area contributed by atoms with Gasteiger partial charge in [-0.3, -0.25) is 24.1 Å². The van der Waals surface area contributed by atoms with Crippen LogP contribution in [0.2, 0.25) is 0 Å². The summed E-state index contributed by atoms with van der Waals surface area (Å²) in [4.78, 5) is 36.7. The van der Waals surface area contributed by atoms with E-state index in [1.54, 1.807) is 40.9 Å². The number of hydrogen-bond donors (Lipinski definition) is 1. The van der Waals surface area contributed by atoms with Crippen LogP contribution >= 0.6 is 0 Å². The van der Waals surface area contributed by atoms with Gasteiger partial charge in [-0.1, -0.05) is 0 Å². The van der Waals surface area contributed by atoms with E-state index in [9.17, 15) is 19.7 Å².